The van der Waals surface area contributed by atoms with Gasteiger partial charge in [0.25, 0.3) is 5.91 Å². The molecule has 0 unspecified atom stereocenters. The maximum Gasteiger partial charge on any atom is 0.251 e. The van der Waals surface area contributed by atoms with Gasteiger partial charge in [-0.15, -0.1) is 0 Å². The molecular formula is C27H35N3O2. The van der Waals surface area contributed by atoms with E-state index in [1.807, 2.05) is 19.1 Å². The number of hydrogen-bond acceptors (Lipinski definition) is 4. The number of nitrogens with one attached hydrogen (secondary N) is 1. The first-order valence-electron chi connectivity index (χ1n) is 12.0. The van der Waals surface area contributed by atoms with Crippen LogP contribution in [-0.4, -0.2) is 36.9 Å². The second-order valence-corrected chi connectivity index (χ2v) is 9.31. The Labute approximate surface area is 191 Å². The van der Waals surface area contributed by atoms with Gasteiger partial charge >= 0.3 is 0 Å². The van der Waals surface area contributed by atoms with E-state index in [1.165, 1.54) is 0 Å². The lowest BCUT2D eigenvalue weighted by Gasteiger charge is -2.38. The van der Waals surface area contributed by atoms with Gasteiger partial charge in [-0.3, -0.25) is 9.59 Å². The quantitative estimate of drug-likeness (QED) is 0.700. The Morgan fingerprint density at radius 1 is 1.09 bits per heavy atom. The molecule has 2 aliphatic carbocycles. The molecule has 0 aromatic heterocycles. The number of ketones is 1. The number of nitrogens with zero attached hydrogens (tertiary/aromatic N) is 1. The van der Waals surface area contributed by atoms with Gasteiger partial charge in [0.2, 0.25) is 0 Å². The number of Topliss-reactive ketones (excluding diaryl/α,β-unsaturated/α-hetero) is 1. The van der Waals surface area contributed by atoms with Crippen LogP contribution in [0.2, 0.25) is 0 Å². The third-order valence-electron chi connectivity index (χ3n) is 7.06. The van der Waals surface area contributed by atoms with Gasteiger partial charge in [-0.25, -0.2) is 0 Å². The summed E-state index contributed by atoms with van der Waals surface area (Å²) in [6.45, 7) is 5.37. The second kappa shape index (κ2) is 9.86. The highest BCUT2D eigenvalue weighted by Gasteiger charge is 2.27. The van der Waals surface area contributed by atoms with Gasteiger partial charge in [0.1, 0.15) is 0 Å². The molecule has 0 saturated heterocycles. The lowest BCUT2D eigenvalue weighted by molar-refractivity contribution is -0.115. The standard InChI is InChI=1S/C27H35N3O2/c1-3-30(21-13-11-20(28)12-14-21)25-10-6-9-23-22(25)8-5-4-7-19-15-18(2)16-26(31)24(19)17-29-27(23)32/h4-6,9-10,15,20-21H,3,7-8,11-14,16-17,28H2,1-2H3,(H,29,32)/b5-4-. The normalized spacial score (nSPS) is 25.2. The number of carbonyl (C=O) groups is 2. The predicted octanol–water partition coefficient (Wildman–Crippen LogP) is 4.23. The number of anilines is 1. The summed E-state index contributed by atoms with van der Waals surface area (Å²) in [6, 6.07) is 6.81. The van der Waals surface area contributed by atoms with Crippen molar-refractivity contribution < 1.29 is 9.59 Å². The van der Waals surface area contributed by atoms with E-state index in [-0.39, 0.29) is 18.2 Å². The summed E-state index contributed by atoms with van der Waals surface area (Å²) in [5.41, 5.74) is 11.9. The fourth-order valence-corrected chi connectivity index (χ4v) is 5.35. The Morgan fingerprint density at radius 2 is 1.84 bits per heavy atom. The monoisotopic (exact) mass is 433 g/mol. The minimum atomic E-state index is -0.107. The van der Waals surface area contributed by atoms with Crippen LogP contribution < -0.4 is 16.0 Å². The van der Waals surface area contributed by atoms with E-state index in [9.17, 15) is 9.59 Å². The third kappa shape index (κ3) is 4.73. The highest BCUT2D eigenvalue weighted by Crippen LogP contribution is 2.32. The van der Waals surface area contributed by atoms with Gasteiger partial charge in [0.15, 0.2) is 5.78 Å². The summed E-state index contributed by atoms with van der Waals surface area (Å²) in [7, 11) is 0. The van der Waals surface area contributed by atoms with Crippen LogP contribution in [0.3, 0.4) is 0 Å². The molecule has 0 bridgehead atoms. The molecular weight excluding hydrogens is 398 g/mol. The minimum absolute atomic E-state index is 0.107. The first-order chi connectivity index (χ1) is 15.5. The van der Waals surface area contributed by atoms with Crippen molar-refractivity contribution in [3.63, 3.8) is 0 Å². The van der Waals surface area contributed by atoms with Gasteiger partial charge in [-0.2, -0.15) is 0 Å². The molecule has 5 nitrogen and oxygen atoms in total. The van der Waals surface area contributed by atoms with Crippen LogP contribution in [0.1, 0.15) is 68.3 Å². The number of hydrogen-bond donors (Lipinski definition) is 2. The average Bonchev–Trinajstić information content (AvgIpc) is 2.80. The van der Waals surface area contributed by atoms with Crippen molar-refractivity contribution in [2.45, 2.75) is 70.9 Å². The Bertz CT molecular complexity index is 981. The van der Waals surface area contributed by atoms with Crippen molar-refractivity contribution in [1.29, 1.82) is 0 Å². The molecule has 4 rings (SSSR count). The zero-order chi connectivity index (χ0) is 22.7. The molecule has 1 aromatic rings. The zero-order valence-corrected chi connectivity index (χ0v) is 19.3. The number of amides is 1. The molecule has 3 aliphatic rings. The number of fused-ring (bicyclic) bond motifs is 1. The molecule has 1 heterocycles. The Kier molecular flexibility index (Phi) is 6.95. The maximum atomic E-state index is 13.2. The predicted molar refractivity (Wildman–Crippen MR) is 130 cm³/mol. The molecule has 1 fully saturated rings. The minimum Gasteiger partial charge on any atom is -0.369 e. The van der Waals surface area contributed by atoms with E-state index in [2.05, 4.69) is 41.4 Å². The van der Waals surface area contributed by atoms with Crippen molar-refractivity contribution >= 4 is 17.4 Å². The van der Waals surface area contributed by atoms with Gasteiger partial charge in [-0.1, -0.05) is 29.9 Å². The molecule has 1 aromatic carbocycles. The molecule has 0 radical (unpaired) electrons. The van der Waals surface area contributed by atoms with Crippen molar-refractivity contribution in [1.82, 2.24) is 5.32 Å². The summed E-state index contributed by atoms with van der Waals surface area (Å²) < 4.78 is 0. The van der Waals surface area contributed by atoms with Crippen LogP contribution in [0.15, 0.2) is 53.1 Å². The number of nitrogens with two attached hydrogens (primary N) is 1. The van der Waals surface area contributed by atoms with E-state index >= 15 is 0 Å². The Morgan fingerprint density at radius 3 is 2.59 bits per heavy atom. The number of benzene rings is 1. The third-order valence-corrected chi connectivity index (χ3v) is 7.06. The molecule has 170 valence electrons. The fourth-order valence-electron chi connectivity index (χ4n) is 5.35. The Hall–Kier alpha value is -2.66. The summed E-state index contributed by atoms with van der Waals surface area (Å²) in [5.74, 6) is 0.0133. The smallest absolute Gasteiger partial charge is 0.251 e. The number of rotatable bonds is 3. The lowest BCUT2D eigenvalue weighted by Crippen LogP contribution is -2.41. The molecule has 1 aliphatic heterocycles. The first-order valence-corrected chi connectivity index (χ1v) is 12.0. The molecule has 0 spiro atoms. The largest absolute Gasteiger partial charge is 0.369 e. The SMILES string of the molecule is CCN(c1cccc2c1C/C=C\CC1=C(CNC2=O)C(=O)CC(C)=C1)C1CCC(N)CC1. The second-order valence-electron chi connectivity index (χ2n) is 9.31. The molecule has 32 heavy (non-hydrogen) atoms. The van der Waals surface area contributed by atoms with E-state index in [4.69, 9.17) is 5.73 Å². The molecule has 5 heteroatoms. The zero-order valence-electron chi connectivity index (χ0n) is 19.3. The molecule has 0 atom stereocenters. The van der Waals surface area contributed by atoms with Crippen LogP contribution >= 0.6 is 0 Å². The lowest BCUT2D eigenvalue weighted by atomic mass is 9.89. The van der Waals surface area contributed by atoms with Crippen LogP contribution in [0, 0.1) is 0 Å². The fraction of sp³-hybridized carbons (Fsp3) is 0.481. The highest BCUT2D eigenvalue weighted by atomic mass is 16.2. The van der Waals surface area contributed by atoms with E-state index in [0.717, 1.165) is 60.2 Å². The maximum absolute atomic E-state index is 13.2. The summed E-state index contributed by atoms with van der Waals surface area (Å²) in [6.07, 6.45) is 12.5. The summed E-state index contributed by atoms with van der Waals surface area (Å²) in [5, 5.41) is 3.04. The highest BCUT2D eigenvalue weighted by molar-refractivity contribution is 6.02. The van der Waals surface area contributed by atoms with Crippen LogP contribution in [-0.2, 0) is 11.2 Å². The van der Waals surface area contributed by atoms with Gasteiger partial charge in [0.05, 0.1) is 0 Å². The Balaban J connectivity index is 1.67. The van der Waals surface area contributed by atoms with Crippen molar-refractivity contribution in [3.8, 4) is 0 Å². The number of allylic oxidation sites excluding steroid dienone is 5. The van der Waals surface area contributed by atoms with Crippen LogP contribution in [0.5, 0.6) is 0 Å². The van der Waals surface area contributed by atoms with E-state index in [0.29, 0.717) is 36.9 Å². The molecule has 3 N–H and O–H groups in total. The average molecular weight is 434 g/mol. The number of carbonyl (C=O) groups excluding carboxylic acids is 2. The van der Waals surface area contributed by atoms with Gasteiger partial charge in [-0.05, 0) is 75.6 Å². The van der Waals surface area contributed by atoms with E-state index < -0.39 is 0 Å². The van der Waals surface area contributed by atoms with E-state index in [1.54, 1.807) is 0 Å². The first kappa shape index (κ1) is 22.5. The van der Waals surface area contributed by atoms with Crippen molar-refractivity contribution in [2.24, 2.45) is 5.73 Å². The van der Waals surface area contributed by atoms with Crippen molar-refractivity contribution in [3.05, 3.63) is 64.3 Å². The molecule has 1 saturated carbocycles. The van der Waals surface area contributed by atoms with Gasteiger partial charge < -0.3 is 16.0 Å². The van der Waals surface area contributed by atoms with Crippen LogP contribution in [0.25, 0.3) is 0 Å². The molecule has 1 amide bonds. The topological polar surface area (TPSA) is 75.4 Å². The summed E-state index contributed by atoms with van der Waals surface area (Å²) in [4.78, 5) is 28.3. The summed E-state index contributed by atoms with van der Waals surface area (Å²) >= 11 is 0. The van der Waals surface area contributed by atoms with Crippen molar-refractivity contribution in [2.75, 3.05) is 18.0 Å². The van der Waals surface area contributed by atoms with Gasteiger partial charge in [0, 0.05) is 48.4 Å². The van der Waals surface area contributed by atoms with Crippen LogP contribution in [0.4, 0.5) is 5.69 Å².